The van der Waals surface area contributed by atoms with Gasteiger partial charge in [0.05, 0.1) is 11.5 Å². The van der Waals surface area contributed by atoms with Gasteiger partial charge in [-0.3, -0.25) is 4.79 Å². The maximum absolute atomic E-state index is 12.5. The Morgan fingerprint density at radius 1 is 1.30 bits per heavy atom. The second kappa shape index (κ2) is 7.68. The highest BCUT2D eigenvalue weighted by Gasteiger charge is 2.34. The lowest BCUT2D eigenvalue weighted by atomic mass is 9.81. The van der Waals surface area contributed by atoms with E-state index < -0.39 is 17.8 Å². The van der Waals surface area contributed by atoms with E-state index in [9.17, 15) is 18.0 Å². The average Bonchev–Trinajstić information content (AvgIpc) is 2.48. The topological polar surface area (TPSA) is 64.4 Å². The number of carbonyl (C=O) groups is 1. The summed E-state index contributed by atoms with van der Waals surface area (Å²) in [6.07, 6.45) is -3.56. The van der Waals surface area contributed by atoms with Gasteiger partial charge in [0, 0.05) is 6.54 Å². The molecule has 0 saturated heterocycles. The van der Waals surface area contributed by atoms with Gasteiger partial charge in [-0.1, -0.05) is 26.0 Å². The molecule has 0 spiro atoms. The summed E-state index contributed by atoms with van der Waals surface area (Å²) in [6.45, 7) is 5.70. The molecule has 1 rings (SSSR count). The van der Waals surface area contributed by atoms with Crippen LogP contribution in [0.15, 0.2) is 24.3 Å². The lowest BCUT2D eigenvalue weighted by Crippen LogP contribution is -2.46. The summed E-state index contributed by atoms with van der Waals surface area (Å²) in [5.74, 6) is -0.508. The quantitative estimate of drug-likeness (QED) is 0.803. The standard InChI is InChI=1S/C16H23F3N2O2/c1-4-15(5-2,10-20)14(22)21-11(3)12-7-6-8-13(9-12)23-16(17,18)19/h6-9,11H,4-5,10,20H2,1-3H3,(H,21,22). The van der Waals surface area contributed by atoms with Gasteiger partial charge in [0.2, 0.25) is 5.91 Å². The van der Waals surface area contributed by atoms with Crippen molar-refractivity contribution >= 4 is 5.91 Å². The summed E-state index contributed by atoms with van der Waals surface area (Å²) in [5, 5.41) is 2.82. The monoisotopic (exact) mass is 332 g/mol. The zero-order valence-corrected chi connectivity index (χ0v) is 13.5. The Balaban J connectivity index is 2.88. The molecule has 0 aliphatic heterocycles. The molecule has 1 aromatic rings. The van der Waals surface area contributed by atoms with Crippen molar-refractivity contribution in [3.63, 3.8) is 0 Å². The van der Waals surface area contributed by atoms with E-state index in [-0.39, 0.29) is 18.2 Å². The normalized spacial score (nSPS) is 13.5. The molecule has 130 valence electrons. The number of ether oxygens (including phenoxy) is 1. The SMILES string of the molecule is CCC(CC)(CN)C(=O)NC(C)c1cccc(OC(F)(F)F)c1. The van der Waals surface area contributed by atoms with Crippen molar-refractivity contribution in [3.05, 3.63) is 29.8 Å². The summed E-state index contributed by atoms with van der Waals surface area (Å²) in [6, 6.07) is 5.11. The van der Waals surface area contributed by atoms with Gasteiger partial charge in [0.25, 0.3) is 0 Å². The van der Waals surface area contributed by atoms with E-state index >= 15 is 0 Å². The Kier molecular flexibility index (Phi) is 6.44. The molecular weight excluding hydrogens is 309 g/mol. The van der Waals surface area contributed by atoms with Crippen LogP contribution in [0, 0.1) is 5.41 Å². The first kappa shape index (κ1) is 19.3. The predicted molar refractivity (Wildman–Crippen MR) is 81.8 cm³/mol. The van der Waals surface area contributed by atoms with E-state index in [0.717, 1.165) is 0 Å². The summed E-state index contributed by atoms with van der Waals surface area (Å²) < 4.78 is 40.7. The number of amides is 1. The number of hydrogen-bond donors (Lipinski definition) is 2. The molecule has 0 aliphatic carbocycles. The van der Waals surface area contributed by atoms with Crippen LogP contribution >= 0.6 is 0 Å². The van der Waals surface area contributed by atoms with E-state index in [0.29, 0.717) is 18.4 Å². The summed E-state index contributed by atoms with van der Waals surface area (Å²) in [5.41, 5.74) is 5.60. The zero-order chi connectivity index (χ0) is 17.7. The fourth-order valence-electron chi connectivity index (χ4n) is 2.37. The number of carbonyl (C=O) groups excluding carboxylic acids is 1. The first-order valence-corrected chi connectivity index (χ1v) is 7.54. The largest absolute Gasteiger partial charge is 0.573 e. The van der Waals surface area contributed by atoms with Crippen molar-refractivity contribution in [3.8, 4) is 5.75 Å². The van der Waals surface area contributed by atoms with Gasteiger partial charge in [-0.2, -0.15) is 0 Å². The highest BCUT2D eigenvalue weighted by Crippen LogP contribution is 2.28. The van der Waals surface area contributed by atoms with Gasteiger partial charge in [0.15, 0.2) is 0 Å². The van der Waals surface area contributed by atoms with Crippen molar-refractivity contribution in [2.24, 2.45) is 11.1 Å². The number of alkyl halides is 3. The van der Waals surface area contributed by atoms with Crippen molar-refractivity contribution in [2.45, 2.75) is 46.0 Å². The van der Waals surface area contributed by atoms with Crippen LogP contribution in [0.25, 0.3) is 0 Å². The van der Waals surface area contributed by atoms with Gasteiger partial charge in [0.1, 0.15) is 5.75 Å². The van der Waals surface area contributed by atoms with Crippen LogP contribution in [-0.2, 0) is 4.79 Å². The molecule has 0 radical (unpaired) electrons. The second-order valence-electron chi connectivity index (χ2n) is 5.51. The van der Waals surface area contributed by atoms with E-state index in [4.69, 9.17) is 5.73 Å². The summed E-state index contributed by atoms with van der Waals surface area (Å²) >= 11 is 0. The lowest BCUT2D eigenvalue weighted by molar-refractivity contribution is -0.274. The minimum absolute atomic E-state index is 0.195. The van der Waals surface area contributed by atoms with Crippen LogP contribution in [0.1, 0.15) is 45.2 Å². The number of halogens is 3. The third-order valence-electron chi connectivity index (χ3n) is 4.17. The van der Waals surface area contributed by atoms with Crippen LogP contribution in [0.5, 0.6) is 5.75 Å². The number of nitrogens with two attached hydrogens (primary N) is 1. The van der Waals surface area contributed by atoms with E-state index in [1.54, 1.807) is 13.0 Å². The van der Waals surface area contributed by atoms with Crippen molar-refractivity contribution in [2.75, 3.05) is 6.54 Å². The summed E-state index contributed by atoms with van der Waals surface area (Å²) in [4.78, 5) is 12.5. The minimum Gasteiger partial charge on any atom is -0.406 e. The molecule has 0 fully saturated rings. The molecule has 0 aliphatic rings. The highest BCUT2D eigenvalue weighted by atomic mass is 19.4. The minimum atomic E-state index is -4.75. The number of nitrogens with one attached hydrogen (secondary N) is 1. The van der Waals surface area contributed by atoms with Gasteiger partial charge in [-0.25, -0.2) is 0 Å². The van der Waals surface area contributed by atoms with Crippen molar-refractivity contribution < 1.29 is 22.7 Å². The van der Waals surface area contributed by atoms with Crippen molar-refractivity contribution in [1.29, 1.82) is 0 Å². The number of benzene rings is 1. The van der Waals surface area contributed by atoms with Crippen LogP contribution in [0.2, 0.25) is 0 Å². The predicted octanol–water partition coefficient (Wildman–Crippen LogP) is 3.53. The van der Waals surface area contributed by atoms with E-state index in [1.807, 2.05) is 13.8 Å². The van der Waals surface area contributed by atoms with Crippen LogP contribution in [0.4, 0.5) is 13.2 Å². The van der Waals surface area contributed by atoms with Gasteiger partial charge in [-0.05, 0) is 37.5 Å². The molecule has 1 unspecified atom stereocenters. The molecule has 1 amide bonds. The van der Waals surface area contributed by atoms with E-state index in [1.165, 1.54) is 18.2 Å². The molecule has 0 saturated carbocycles. The third kappa shape index (κ3) is 5.13. The zero-order valence-electron chi connectivity index (χ0n) is 13.5. The van der Waals surface area contributed by atoms with Gasteiger partial charge < -0.3 is 15.8 Å². The molecule has 1 atom stereocenters. The average molecular weight is 332 g/mol. The molecule has 0 heterocycles. The highest BCUT2D eigenvalue weighted by molar-refractivity contribution is 5.83. The molecule has 0 bridgehead atoms. The van der Waals surface area contributed by atoms with Crippen LogP contribution in [0.3, 0.4) is 0 Å². The van der Waals surface area contributed by atoms with Crippen LogP contribution < -0.4 is 15.8 Å². The van der Waals surface area contributed by atoms with Gasteiger partial charge >= 0.3 is 6.36 Å². The van der Waals surface area contributed by atoms with Crippen molar-refractivity contribution in [1.82, 2.24) is 5.32 Å². The second-order valence-corrected chi connectivity index (χ2v) is 5.51. The number of rotatable bonds is 7. The molecule has 1 aromatic carbocycles. The lowest BCUT2D eigenvalue weighted by Gasteiger charge is -2.30. The Morgan fingerprint density at radius 2 is 1.91 bits per heavy atom. The first-order chi connectivity index (χ1) is 10.7. The molecule has 23 heavy (non-hydrogen) atoms. The maximum Gasteiger partial charge on any atom is 0.573 e. The Morgan fingerprint density at radius 3 is 2.39 bits per heavy atom. The molecule has 0 aromatic heterocycles. The Hall–Kier alpha value is -1.76. The first-order valence-electron chi connectivity index (χ1n) is 7.54. The van der Waals surface area contributed by atoms with E-state index in [2.05, 4.69) is 10.1 Å². The molecule has 7 heteroatoms. The van der Waals surface area contributed by atoms with Crippen LogP contribution in [-0.4, -0.2) is 18.8 Å². The van der Waals surface area contributed by atoms with Gasteiger partial charge in [-0.15, -0.1) is 13.2 Å². The maximum atomic E-state index is 12.5. The fraction of sp³-hybridized carbons (Fsp3) is 0.562. The molecular formula is C16H23F3N2O2. The molecule has 3 N–H and O–H groups in total. The smallest absolute Gasteiger partial charge is 0.406 e. The fourth-order valence-corrected chi connectivity index (χ4v) is 2.37. The third-order valence-corrected chi connectivity index (χ3v) is 4.17. The molecule has 4 nitrogen and oxygen atoms in total. The summed E-state index contributed by atoms with van der Waals surface area (Å²) in [7, 11) is 0. The number of hydrogen-bond acceptors (Lipinski definition) is 3. The Labute approximate surface area is 134 Å². The Bertz CT molecular complexity index is 520.